The predicted octanol–water partition coefficient (Wildman–Crippen LogP) is 3.74. The molecule has 3 rings (SSSR count). The highest BCUT2D eigenvalue weighted by atomic mass is 32.2. The van der Waals surface area contributed by atoms with Gasteiger partial charge in [0.15, 0.2) is 21.5 Å². The zero-order valence-corrected chi connectivity index (χ0v) is 15.4. The number of benzene rings is 2. The van der Waals surface area contributed by atoms with Gasteiger partial charge in [0, 0.05) is 11.3 Å². The molecule has 0 fully saturated rings. The zero-order chi connectivity index (χ0) is 18.0. The summed E-state index contributed by atoms with van der Waals surface area (Å²) in [5.74, 6) is 1.02. The molecule has 5 nitrogen and oxygen atoms in total. The van der Waals surface area contributed by atoms with Crippen molar-refractivity contribution in [3.05, 3.63) is 66.0 Å². The average molecular weight is 355 g/mol. The molecule has 0 bridgehead atoms. The van der Waals surface area contributed by atoms with Crippen molar-refractivity contribution < 1.29 is 8.42 Å². The van der Waals surface area contributed by atoms with Gasteiger partial charge in [-0.15, -0.1) is 5.10 Å². The standard InChI is InChI=1S/C19H21N3O2S/c1-4-25(23,24)15(3)19-20-18(16-10-6-5-7-11-16)21-22(19)17-12-8-9-14(2)13-17/h5-13,15H,4H2,1-3H3. The van der Waals surface area contributed by atoms with Crippen molar-refractivity contribution in [2.24, 2.45) is 0 Å². The lowest BCUT2D eigenvalue weighted by Crippen LogP contribution is -2.17. The van der Waals surface area contributed by atoms with Crippen LogP contribution in [-0.2, 0) is 9.84 Å². The molecule has 0 saturated carbocycles. The fourth-order valence-electron chi connectivity index (χ4n) is 2.66. The first-order chi connectivity index (χ1) is 11.9. The van der Waals surface area contributed by atoms with Gasteiger partial charge in [0.1, 0.15) is 5.25 Å². The van der Waals surface area contributed by atoms with Gasteiger partial charge in [0.05, 0.1) is 5.69 Å². The fraction of sp³-hybridized carbons (Fsp3) is 0.263. The van der Waals surface area contributed by atoms with Gasteiger partial charge in [-0.1, -0.05) is 49.4 Å². The summed E-state index contributed by atoms with van der Waals surface area (Å²) in [5, 5.41) is 3.87. The van der Waals surface area contributed by atoms with Crippen molar-refractivity contribution in [2.45, 2.75) is 26.0 Å². The molecule has 0 N–H and O–H groups in total. The number of hydrogen-bond acceptors (Lipinski definition) is 4. The fourth-order valence-corrected chi connectivity index (χ4v) is 3.63. The van der Waals surface area contributed by atoms with E-state index in [1.807, 2.05) is 61.5 Å². The molecule has 2 aromatic carbocycles. The Hall–Kier alpha value is -2.47. The number of hydrogen-bond donors (Lipinski definition) is 0. The van der Waals surface area contributed by atoms with Crippen LogP contribution in [0, 0.1) is 6.92 Å². The van der Waals surface area contributed by atoms with Crippen molar-refractivity contribution >= 4 is 9.84 Å². The molecular weight excluding hydrogens is 334 g/mol. The highest BCUT2D eigenvalue weighted by Crippen LogP contribution is 2.27. The second-order valence-corrected chi connectivity index (χ2v) is 8.61. The molecule has 1 atom stereocenters. The topological polar surface area (TPSA) is 64.8 Å². The minimum absolute atomic E-state index is 0.0650. The largest absolute Gasteiger partial charge is 0.228 e. The third kappa shape index (κ3) is 3.49. The molecule has 0 spiro atoms. The van der Waals surface area contributed by atoms with Crippen LogP contribution in [0.5, 0.6) is 0 Å². The van der Waals surface area contributed by atoms with E-state index in [-0.39, 0.29) is 5.75 Å². The van der Waals surface area contributed by atoms with Crippen LogP contribution in [0.3, 0.4) is 0 Å². The molecule has 1 heterocycles. The van der Waals surface area contributed by atoms with Crippen molar-refractivity contribution in [1.82, 2.24) is 14.8 Å². The molecule has 0 aliphatic carbocycles. The smallest absolute Gasteiger partial charge is 0.181 e. The van der Waals surface area contributed by atoms with E-state index < -0.39 is 15.1 Å². The van der Waals surface area contributed by atoms with Crippen LogP contribution in [0.1, 0.15) is 30.5 Å². The molecule has 0 aliphatic rings. The molecule has 25 heavy (non-hydrogen) atoms. The second-order valence-electron chi connectivity index (χ2n) is 6.00. The molecule has 0 amide bonds. The summed E-state index contributed by atoms with van der Waals surface area (Å²) < 4.78 is 26.5. The Morgan fingerprint density at radius 1 is 1.08 bits per heavy atom. The molecule has 1 unspecified atom stereocenters. The van der Waals surface area contributed by atoms with Crippen LogP contribution in [-0.4, -0.2) is 28.9 Å². The normalized spacial score (nSPS) is 12.9. The maximum Gasteiger partial charge on any atom is 0.181 e. The van der Waals surface area contributed by atoms with Gasteiger partial charge in [-0.05, 0) is 31.5 Å². The molecule has 6 heteroatoms. The SMILES string of the molecule is CCS(=O)(=O)C(C)c1nc(-c2ccccc2)nn1-c1cccc(C)c1. The first-order valence-corrected chi connectivity index (χ1v) is 9.95. The van der Waals surface area contributed by atoms with Gasteiger partial charge < -0.3 is 0 Å². The minimum atomic E-state index is -3.28. The Morgan fingerprint density at radius 3 is 2.44 bits per heavy atom. The molecule has 130 valence electrons. The van der Waals surface area contributed by atoms with Gasteiger partial charge in [0.25, 0.3) is 0 Å². The van der Waals surface area contributed by atoms with Gasteiger partial charge in [-0.2, -0.15) is 0 Å². The third-order valence-electron chi connectivity index (χ3n) is 4.22. The van der Waals surface area contributed by atoms with E-state index in [0.717, 1.165) is 16.8 Å². The summed E-state index contributed by atoms with van der Waals surface area (Å²) in [5.41, 5.74) is 2.74. The first kappa shape index (κ1) is 17.4. The van der Waals surface area contributed by atoms with E-state index in [0.29, 0.717) is 11.6 Å². The van der Waals surface area contributed by atoms with E-state index in [2.05, 4.69) is 10.1 Å². The molecule has 0 radical (unpaired) electrons. The van der Waals surface area contributed by atoms with Crippen LogP contribution >= 0.6 is 0 Å². The van der Waals surface area contributed by atoms with Gasteiger partial charge in [-0.3, -0.25) is 0 Å². The van der Waals surface area contributed by atoms with E-state index in [4.69, 9.17) is 0 Å². The zero-order valence-electron chi connectivity index (χ0n) is 14.5. The number of sulfone groups is 1. The number of nitrogens with zero attached hydrogens (tertiary/aromatic N) is 3. The maximum atomic E-state index is 12.4. The monoisotopic (exact) mass is 355 g/mol. The Bertz CT molecular complexity index is 979. The van der Waals surface area contributed by atoms with Crippen LogP contribution < -0.4 is 0 Å². The summed E-state index contributed by atoms with van der Waals surface area (Å²) in [4.78, 5) is 4.57. The minimum Gasteiger partial charge on any atom is -0.228 e. The number of aryl methyl sites for hydroxylation is 1. The maximum absolute atomic E-state index is 12.4. The van der Waals surface area contributed by atoms with E-state index in [1.54, 1.807) is 18.5 Å². The summed E-state index contributed by atoms with van der Waals surface area (Å²) in [6, 6.07) is 17.4. The molecule has 1 aromatic heterocycles. The Morgan fingerprint density at radius 2 is 1.80 bits per heavy atom. The first-order valence-electron chi connectivity index (χ1n) is 8.23. The van der Waals surface area contributed by atoms with Crippen molar-refractivity contribution in [3.63, 3.8) is 0 Å². The van der Waals surface area contributed by atoms with Crippen LogP contribution in [0.15, 0.2) is 54.6 Å². The third-order valence-corrected chi connectivity index (χ3v) is 6.31. The van der Waals surface area contributed by atoms with E-state index in [1.165, 1.54) is 0 Å². The highest BCUT2D eigenvalue weighted by Gasteiger charge is 2.27. The lowest BCUT2D eigenvalue weighted by atomic mass is 10.2. The number of aromatic nitrogens is 3. The van der Waals surface area contributed by atoms with Crippen LogP contribution in [0.4, 0.5) is 0 Å². The Kier molecular flexibility index (Phi) is 4.72. The quantitative estimate of drug-likeness (QED) is 0.699. The van der Waals surface area contributed by atoms with Gasteiger partial charge in [-0.25, -0.2) is 18.1 Å². The summed E-state index contributed by atoms with van der Waals surface area (Å²) in [6.45, 7) is 5.31. The van der Waals surface area contributed by atoms with Crippen molar-refractivity contribution in [3.8, 4) is 17.1 Å². The Balaban J connectivity index is 2.20. The molecule has 0 saturated heterocycles. The van der Waals surface area contributed by atoms with Gasteiger partial charge >= 0.3 is 0 Å². The lowest BCUT2D eigenvalue weighted by Gasteiger charge is -2.12. The lowest BCUT2D eigenvalue weighted by molar-refractivity contribution is 0.582. The van der Waals surface area contributed by atoms with E-state index in [9.17, 15) is 8.42 Å². The number of rotatable bonds is 5. The molecule has 3 aromatic rings. The van der Waals surface area contributed by atoms with Crippen LogP contribution in [0.2, 0.25) is 0 Å². The average Bonchev–Trinajstić information content (AvgIpc) is 3.07. The molecule has 0 aliphatic heterocycles. The van der Waals surface area contributed by atoms with Crippen LogP contribution in [0.25, 0.3) is 17.1 Å². The highest BCUT2D eigenvalue weighted by molar-refractivity contribution is 7.91. The van der Waals surface area contributed by atoms with Crippen molar-refractivity contribution in [2.75, 3.05) is 5.75 Å². The Labute approximate surface area is 148 Å². The molecular formula is C19H21N3O2S. The van der Waals surface area contributed by atoms with Crippen molar-refractivity contribution in [1.29, 1.82) is 0 Å². The predicted molar refractivity (Wildman–Crippen MR) is 99.4 cm³/mol. The summed E-state index contributed by atoms with van der Waals surface area (Å²) >= 11 is 0. The summed E-state index contributed by atoms with van der Waals surface area (Å²) in [6.07, 6.45) is 0. The summed E-state index contributed by atoms with van der Waals surface area (Å²) in [7, 11) is -3.28. The second kappa shape index (κ2) is 6.80. The van der Waals surface area contributed by atoms with E-state index >= 15 is 0 Å². The van der Waals surface area contributed by atoms with Gasteiger partial charge in [0.2, 0.25) is 0 Å².